The molecule has 2 heterocycles. The second-order valence-electron chi connectivity index (χ2n) is 4.44. The van der Waals surface area contributed by atoms with Crippen molar-refractivity contribution in [3.05, 3.63) is 41.0 Å². The van der Waals surface area contributed by atoms with Crippen molar-refractivity contribution in [3.63, 3.8) is 0 Å². The molecule has 0 fully saturated rings. The summed E-state index contributed by atoms with van der Waals surface area (Å²) in [5, 5.41) is 0. The molecule has 2 N–H and O–H groups in total. The molecular formula is C14H17ClN2OS. The highest BCUT2D eigenvalue weighted by Crippen LogP contribution is 2.34. The Morgan fingerprint density at radius 2 is 2.32 bits per heavy atom. The number of nitrogens with two attached hydrogens (primary N) is 1. The molecule has 102 valence electrons. The van der Waals surface area contributed by atoms with Crippen molar-refractivity contribution in [2.45, 2.75) is 18.9 Å². The van der Waals surface area contributed by atoms with E-state index in [1.807, 2.05) is 11.7 Å². The second kappa shape index (κ2) is 6.48. The fourth-order valence-electron chi connectivity index (χ4n) is 2.52. The van der Waals surface area contributed by atoms with Crippen LogP contribution in [0.2, 0.25) is 0 Å². The Morgan fingerprint density at radius 1 is 1.42 bits per heavy atom. The molecule has 2 aromatic rings. The largest absolute Gasteiger partial charge is 0.372 e. The van der Waals surface area contributed by atoms with Crippen molar-refractivity contribution >= 4 is 23.7 Å². The molecule has 0 spiro atoms. The Kier molecular flexibility index (Phi) is 4.93. The molecule has 0 radical (unpaired) electrons. The molecule has 5 heteroatoms. The molecule has 0 bridgehead atoms. The summed E-state index contributed by atoms with van der Waals surface area (Å²) in [6, 6.07) is 6.40. The van der Waals surface area contributed by atoms with Gasteiger partial charge in [-0.25, -0.2) is 0 Å². The molecule has 3 rings (SSSR count). The molecule has 1 aliphatic rings. The summed E-state index contributed by atoms with van der Waals surface area (Å²) in [5.74, 6) is 0. The van der Waals surface area contributed by atoms with Gasteiger partial charge in [-0.2, -0.15) is 0 Å². The molecule has 1 aliphatic heterocycles. The van der Waals surface area contributed by atoms with E-state index in [1.54, 1.807) is 11.3 Å². The number of nitrogens with zero attached hydrogens (tertiary/aromatic N) is 1. The van der Waals surface area contributed by atoms with Crippen molar-refractivity contribution in [3.8, 4) is 10.4 Å². The van der Waals surface area contributed by atoms with Crippen molar-refractivity contribution in [1.82, 2.24) is 4.98 Å². The maximum absolute atomic E-state index is 5.82. The summed E-state index contributed by atoms with van der Waals surface area (Å²) >= 11 is 1.68. The maximum atomic E-state index is 5.82. The molecule has 0 saturated carbocycles. The van der Waals surface area contributed by atoms with Crippen LogP contribution in [0.15, 0.2) is 29.9 Å². The average molecular weight is 297 g/mol. The van der Waals surface area contributed by atoms with Gasteiger partial charge in [-0.05, 0) is 29.5 Å². The SMILES string of the molecule is Cl.NC[C@@H]1OCCCc2c(-c3cncs3)cccc21. The monoisotopic (exact) mass is 296 g/mol. The summed E-state index contributed by atoms with van der Waals surface area (Å²) in [6.07, 6.45) is 4.08. The van der Waals surface area contributed by atoms with Gasteiger partial charge in [0.2, 0.25) is 0 Å². The standard InChI is InChI=1S/C14H16N2OS.ClH/c15-7-13-11-3-1-4-12(14-8-16-9-18-14)10(11)5-2-6-17-13;/h1,3-4,8-9,13H,2,5-7,15H2;1H/t13-;/m0./s1. The third-order valence-corrected chi connectivity index (χ3v) is 4.17. The lowest BCUT2D eigenvalue weighted by Gasteiger charge is -2.17. The molecule has 19 heavy (non-hydrogen) atoms. The average Bonchev–Trinajstić information content (AvgIpc) is 2.85. The zero-order valence-electron chi connectivity index (χ0n) is 10.5. The fraction of sp³-hybridized carbons (Fsp3) is 0.357. The van der Waals surface area contributed by atoms with E-state index in [1.165, 1.54) is 21.6 Å². The molecular weight excluding hydrogens is 280 g/mol. The van der Waals surface area contributed by atoms with Gasteiger partial charge in [0.25, 0.3) is 0 Å². The Morgan fingerprint density at radius 3 is 3.05 bits per heavy atom. The van der Waals surface area contributed by atoms with E-state index in [0.29, 0.717) is 6.54 Å². The zero-order valence-corrected chi connectivity index (χ0v) is 12.2. The first-order valence-corrected chi connectivity index (χ1v) is 7.10. The van der Waals surface area contributed by atoms with Gasteiger partial charge in [-0.3, -0.25) is 4.98 Å². The molecule has 1 atom stereocenters. The molecule has 3 nitrogen and oxygen atoms in total. The summed E-state index contributed by atoms with van der Waals surface area (Å²) in [5.41, 5.74) is 11.6. The van der Waals surface area contributed by atoms with E-state index in [0.717, 1.165) is 19.4 Å². The Bertz CT molecular complexity index is 530. The van der Waals surface area contributed by atoms with Crippen LogP contribution >= 0.6 is 23.7 Å². The summed E-state index contributed by atoms with van der Waals surface area (Å²) in [7, 11) is 0. The van der Waals surface area contributed by atoms with Crippen LogP contribution in [0.25, 0.3) is 10.4 Å². The molecule has 0 unspecified atom stereocenters. The summed E-state index contributed by atoms with van der Waals surface area (Å²) in [4.78, 5) is 5.40. The quantitative estimate of drug-likeness (QED) is 0.926. The number of benzene rings is 1. The van der Waals surface area contributed by atoms with Gasteiger partial charge in [0, 0.05) is 19.3 Å². The number of fused-ring (bicyclic) bond motifs is 1. The van der Waals surface area contributed by atoms with E-state index in [4.69, 9.17) is 10.5 Å². The number of rotatable bonds is 2. The van der Waals surface area contributed by atoms with E-state index in [9.17, 15) is 0 Å². The minimum Gasteiger partial charge on any atom is -0.372 e. The molecule has 0 saturated heterocycles. The van der Waals surface area contributed by atoms with Crippen LogP contribution in [-0.2, 0) is 11.2 Å². The van der Waals surface area contributed by atoms with Gasteiger partial charge < -0.3 is 10.5 Å². The minimum atomic E-state index is 0. The predicted octanol–water partition coefficient (Wildman–Crippen LogP) is 3.19. The number of thiazole rings is 1. The van der Waals surface area contributed by atoms with Crippen LogP contribution in [0.3, 0.4) is 0 Å². The first kappa shape index (κ1) is 14.5. The first-order chi connectivity index (χ1) is 8.90. The van der Waals surface area contributed by atoms with Crippen molar-refractivity contribution in [2.75, 3.05) is 13.2 Å². The highest BCUT2D eigenvalue weighted by molar-refractivity contribution is 7.13. The lowest BCUT2D eigenvalue weighted by atomic mass is 9.94. The number of hydrogen-bond donors (Lipinski definition) is 1. The predicted molar refractivity (Wildman–Crippen MR) is 80.9 cm³/mol. The lowest BCUT2D eigenvalue weighted by molar-refractivity contribution is 0.0627. The van der Waals surface area contributed by atoms with E-state index < -0.39 is 0 Å². The number of halogens is 1. The topological polar surface area (TPSA) is 48.1 Å². The van der Waals surface area contributed by atoms with E-state index >= 15 is 0 Å². The van der Waals surface area contributed by atoms with Crippen LogP contribution in [0.1, 0.15) is 23.7 Å². The van der Waals surface area contributed by atoms with Gasteiger partial charge in [0.05, 0.1) is 16.5 Å². The molecule has 1 aromatic heterocycles. The van der Waals surface area contributed by atoms with Crippen LogP contribution in [0.4, 0.5) is 0 Å². The van der Waals surface area contributed by atoms with Gasteiger partial charge in [-0.1, -0.05) is 18.2 Å². The Hall–Kier alpha value is -0.940. The zero-order chi connectivity index (χ0) is 12.4. The van der Waals surface area contributed by atoms with Crippen LogP contribution in [-0.4, -0.2) is 18.1 Å². The van der Waals surface area contributed by atoms with Crippen LogP contribution < -0.4 is 5.73 Å². The summed E-state index contributed by atoms with van der Waals surface area (Å²) < 4.78 is 5.81. The maximum Gasteiger partial charge on any atom is 0.0949 e. The number of hydrogen-bond acceptors (Lipinski definition) is 4. The molecule has 0 aliphatic carbocycles. The van der Waals surface area contributed by atoms with E-state index in [2.05, 4.69) is 23.2 Å². The number of ether oxygens (including phenoxy) is 1. The highest BCUT2D eigenvalue weighted by Gasteiger charge is 2.20. The Labute approximate surface area is 123 Å². The van der Waals surface area contributed by atoms with Crippen LogP contribution in [0.5, 0.6) is 0 Å². The smallest absolute Gasteiger partial charge is 0.0949 e. The lowest BCUT2D eigenvalue weighted by Crippen LogP contribution is -2.16. The first-order valence-electron chi connectivity index (χ1n) is 6.22. The third-order valence-electron chi connectivity index (χ3n) is 3.36. The van der Waals surface area contributed by atoms with Crippen molar-refractivity contribution < 1.29 is 4.74 Å². The normalized spacial score (nSPS) is 18.3. The fourth-order valence-corrected chi connectivity index (χ4v) is 3.20. The second-order valence-corrected chi connectivity index (χ2v) is 5.32. The van der Waals surface area contributed by atoms with Crippen molar-refractivity contribution in [1.29, 1.82) is 0 Å². The van der Waals surface area contributed by atoms with Crippen LogP contribution in [0, 0.1) is 0 Å². The van der Waals surface area contributed by atoms with Gasteiger partial charge in [-0.15, -0.1) is 23.7 Å². The third kappa shape index (κ3) is 2.82. The molecule has 0 amide bonds. The number of aromatic nitrogens is 1. The Balaban J connectivity index is 0.00000133. The van der Waals surface area contributed by atoms with Crippen molar-refractivity contribution in [2.24, 2.45) is 5.73 Å². The van der Waals surface area contributed by atoms with E-state index in [-0.39, 0.29) is 18.5 Å². The van der Waals surface area contributed by atoms with Gasteiger partial charge in [0.1, 0.15) is 0 Å². The minimum absolute atomic E-state index is 0. The molecule has 1 aromatic carbocycles. The van der Waals surface area contributed by atoms with Gasteiger partial charge in [0.15, 0.2) is 0 Å². The highest BCUT2D eigenvalue weighted by atomic mass is 35.5. The van der Waals surface area contributed by atoms with Gasteiger partial charge >= 0.3 is 0 Å². The summed E-state index contributed by atoms with van der Waals surface area (Å²) in [6.45, 7) is 1.33.